The average Bonchev–Trinajstić information content (AvgIpc) is 2.85. The molecule has 0 aliphatic heterocycles. The molecule has 0 unspecified atom stereocenters. The van der Waals surface area contributed by atoms with Gasteiger partial charge in [0.25, 0.3) is 5.56 Å². The molecule has 0 amide bonds. The minimum atomic E-state index is -0.487. The van der Waals surface area contributed by atoms with Crippen LogP contribution in [-0.2, 0) is 24.9 Å². The maximum atomic E-state index is 12.4. The van der Waals surface area contributed by atoms with Gasteiger partial charge in [-0.05, 0) is 13.3 Å². The van der Waals surface area contributed by atoms with Gasteiger partial charge in [-0.3, -0.25) is 9.36 Å². The number of aryl methyl sites for hydroxylation is 2. The molecule has 2 heterocycles. The molecule has 0 atom stereocenters. The Balaban J connectivity index is 2.56. The second kappa shape index (κ2) is 5.79. The van der Waals surface area contributed by atoms with Gasteiger partial charge in [-0.2, -0.15) is 0 Å². The molecule has 0 fully saturated rings. The summed E-state index contributed by atoms with van der Waals surface area (Å²) in [7, 11) is 1.55. The van der Waals surface area contributed by atoms with E-state index in [1.807, 2.05) is 0 Å². The highest BCUT2D eigenvalue weighted by molar-refractivity contribution is 5.75. The lowest BCUT2D eigenvalue weighted by molar-refractivity contribution is -0.117. The number of rotatable bonds is 5. The Morgan fingerprint density at radius 2 is 2.14 bits per heavy atom. The highest BCUT2D eigenvalue weighted by Crippen LogP contribution is 2.07. The molecule has 0 aliphatic rings. The van der Waals surface area contributed by atoms with Crippen molar-refractivity contribution in [3.63, 3.8) is 0 Å². The molecule has 2 aromatic rings. The molecule has 2 aromatic heterocycles. The van der Waals surface area contributed by atoms with Crippen LogP contribution in [0.15, 0.2) is 15.9 Å². The first-order valence-corrected chi connectivity index (χ1v) is 6.55. The largest absolute Gasteiger partial charge is 0.333 e. The normalized spacial score (nSPS) is 10.7. The SMILES string of the molecule is C#CCn1c(=O)c2c(ncn2CCCC(C)=O)n(C)c1=O. The van der Waals surface area contributed by atoms with Gasteiger partial charge in [-0.25, -0.2) is 14.3 Å². The summed E-state index contributed by atoms with van der Waals surface area (Å²) in [4.78, 5) is 39.5. The van der Waals surface area contributed by atoms with E-state index in [4.69, 9.17) is 6.42 Å². The van der Waals surface area contributed by atoms with Gasteiger partial charge in [0.2, 0.25) is 0 Å². The van der Waals surface area contributed by atoms with Crippen LogP contribution in [0.1, 0.15) is 19.8 Å². The fourth-order valence-corrected chi connectivity index (χ4v) is 2.22. The van der Waals surface area contributed by atoms with Gasteiger partial charge < -0.3 is 9.36 Å². The fraction of sp³-hybridized carbons (Fsp3) is 0.429. The molecule has 7 nitrogen and oxygen atoms in total. The summed E-state index contributed by atoms with van der Waals surface area (Å²) in [5.41, 5.74) is -0.289. The molecule has 0 aromatic carbocycles. The second-order valence-electron chi connectivity index (χ2n) is 4.85. The summed E-state index contributed by atoms with van der Waals surface area (Å²) in [6, 6.07) is 0. The van der Waals surface area contributed by atoms with Crippen molar-refractivity contribution in [2.45, 2.75) is 32.9 Å². The van der Waals surface area contributed by atoms with Gasteiger partial charge in [-0.1, -0.05) is 5.92 Å². The van der Waals surface area contributed by atoms with Crippen molar-refractivity contribution in [2.75, 3.05) is 0 Å². The van der Waals surface area contributed by atoms with Crippen molar-refractivity contribution in [2.24, 2.45) is 7.05 Å². The Morgan fingerprint density at radius 1 is 1.43 bits per heavy atom. The molecule has 2 rings (SSSR count). The van der Waals surface area contributed by atoms with Crippen LogP contribution in [0.5, 0.6) is 0 Å². The van der Waals surface area contributed by atoms with Crippen LogP contribution in [-0.4, -0.2) is 24.5 Å². The maximum Gasteiger partial charge on any atom is 0.333 e. The number of aromatic nitrogens is 4. The van der Waals surface area contributed by atoms with Crippen LogP contribution >= 0.6 is 0 Å². The first-order valence-electron chi connectivity index (χ1n) is 6.55. The third-order valence-corrected chi connectivity index (χ3v) is 3.28. The lowest BCUT2D eigenvalue weighted by Gasteiger charge is -2.07. The molecule has 0 saturated heterocycles. The Morgan fingerprint density at radius 3 is 2.76 bits per heavy atom. The van der Waals surface area contributed by atoms with Gasteiger partial charge in [-0.15, -0.1) is 6.42 Å². The number of nitrogens with zero attached hydrogens (tertiary/aromatic N) is 4. The van der Waals surface area contributed by atoms with E-state index < -0.39 is 11.2 Å². The standard InChI is InChI=1S/C14H16N4O3/c1-4-7-18-13(20)11-12(16(3)14(18)21)15-9-17(11)8-5-6-10(2)19/h1,9H,5-8H2,2-3H3. The number of carbonyl (C=O) groups is 1. The molecule has 110 valence electrons. The third kappa shape index (κ3) is 2.65. The van der Waals surface area contributed by atoms with E-state index in [-0.39, 0.29) is 12.3 Å². The lowest BCUT2D eigenvalue weighted by atomic mass is 10.2. The number of Topliss-reactive ketones (excluding diaryl/α,β-unsaturated/α-hetero) is 1. The molecule has 21 heavy (non-hydrogen) atoms. The first kappa shape index (κ1) is 14.8. The van der Waals surface area contributed by atoms with E-state index in [2.05, 4.69) is 10.9 Å². The number of fused-ring (bicyclic) bond motifs is 1. The zero-order valence-electron chi connectivity index (χ0n) is 12.0. The minimum Gasteiger partial charge on any atom is -0.325 e. The van der Waals surface area contributed by atoms with Crippen molar-refractivity contribution in [3.8, 4) is 12.3 Å². The number of imidazole rings is 1. The molecule has 0 spiro atoms. The van der Waals surface area contributed by atoms with E-state index in [1.165, 1.54) is 17.8 Å². The first-order chi connectivity index (χ1) is 9.97. The van der Waals surface area contributed by atoms with E-state index in [0.29, 0.717) is 30.6 Å². The van der Waals surface area contributed by atoms with Gasteiger partial charge in [0.1, 0.15) is 5.78 Å². The third-order valence-electron chi connectivity index (χ3n) is 3.28. The van der Waals surface area contributed by atoms with Crippen LogP contribution < -0.4 is 11.2 Å². The smallest absolute Gasteiger partial charge is 0.325 e. The van der Waals surface area contributed by atoms with Crippen LogP contribution in [0.2, 0.25) is 0 Å². The van der Waals surface area contributed by atoms with E-state index >= 15 is 0 Å². The molecular formula is C14H16N4O3. The van der Waals surface area contributed by atoms with E-state index in [1.54, 1.807) is 11.6 Å². The Kier molecular flexibility index (Phi) is 4.08. The van der Waals surface area contributed by atoms with E-state index in [0.717, 1.165) is 4.57 Å². The van der Waals surface area contributed by atoms with Gasteiger partial charge >= 0.3 is 5.69 Å². The number of hydrogen-bond donors (Lipinski definition) is 0. The fourth-order valence-electron chi connectivity index (χ4n) is 2.22. The molecule has 0 radical (unpaired) electrons. The summed E-state index contributed by atoms with van der Waals surface area (Å²) in [6.45, 7) is 1.93. The second-order valence-corrected chi connectivity index (χ2v) is 4.85. The maximum absolute atomic E-state index is 12.4. The highest BCUT2D eigenvalue weighted by Gasteiger charge is 2.15. The summed E-state index contributed by atoms with van der Waals surface area (Å²) in [6.07, 6.45) is 7.75. The van der Waals surface area contributed by atoms with Crippen molar-refractivity contribution in [3.05, 3.63) is 27.2 Å². The minimum absolute atomic E-state index is 0.0833. The topological polar surface area (TPSA) is 78.9 Å². The quantitative estimate of drug-likeness (QED) is 0.720. The highest BCUT2D eigenvalue weighted by atomic mass is 16.2. The van der Waals surface area contributed by atoms with Gasteiger partial charge in [0.15, 0.2) is 11.2 Å². The monoisotopic (exact) mass is 288 g/mol. The summed E-state index contributed by atoms with van der Waals surface area (Å²) in [5, 5.41) is 0. The van der Waals surface area contributed by atoms with Crippen molar-refractivity contribution in [1.82, 2.24) is 18.7 Å². The Bertz CT molecular complexity index is 848. The van der Waals surface area contributed by atoms with Crippen LogP contribution in [0.4, 0.5) is 0 Å². The summed E-state index contributed by atoms with van der Waals surface area (Å²) >= 11 is 0. The van der Waals surface area contributed by atoms with Crippen LogP contribution in [0, 0.1) is 12.3 Å². The predicted molar refractivity (Wildman–Crippen MR) is 78.0 cm³/mol. The number of ketones is 1. The predicted octanol–water partition coefficient (Wildman–Crippen LogP) is -0.101. The van der Waals surface area contributed by atoms with Crippen molar-refractivity contribution >= 4 is 16.9 Å². The number of terminal acetylenes is 1. The van der Waals surface area contributed by atoms with E-state index in [9.17, 15) is 14.4 Å². The molecule has 0 saturated carbocycles. The van der Waals surface area contributed by atoms with Crippen LogP contribution in [0.3, 0.4) is 0 Å². The summed E-state index contributed by atoms with van der Waals surface area (Å²) in [5.74, 6) is 2.40. The van der Waals surface area contributed by atoms with Crippen molar-refractivity contribution in [1.29, 1.82) is 0 Å². The molecule has 7 heteroatoms. The zero-order valence-corrected chi connectivity index (χ0v) is 12.0. The van der Waals surface area contributed by atoms with Gasteiger partial charge in [0, 0.05) is 20.0 Å². The molecular weight excluding hydrogens is 272 g/mol. The summed E-state index contributed by atoms with van der Waals surface area (Å²) < 4.78 is 3.97. The Labute approximate surface area is 120 Å². The van der Waals surface area contributed by atoms with Crippen molar-refractivity contribution < 1.29 is 4.79 Å². The Hall–Kier alpha value is -2.62. The van der Waals surface area contributed by atoms with Crippen LogP contribution in [0.25, 0.3) is 11.2 Å². The average molecular weight is 288 g/mol. The van der Waals surface area contributed by atoms with Gasteiger partial charge in [0.05, 0.1) is 12.9 Å². The molecule has 0 N–H and O–H groups in total. The number of hydrogen-bond acceptors (Lipinski definition) is 4. The molecule has 0 aliphatic carbocycles. The lowest BCUT2D eigenvalue weighted by Crippen LogP contribution is -2.39. The zero-order chi connectivity index (χ0) is 15.6. The number of carbonyl (C=O) groups excluding carboxylic acids is 1. The molecule has 0 bridgehead atoms.